The van der Waals surface area contributed by atoms with Gasteiger partial charge >= 0.3 is 6.61 Å². The standard InChI is InChI=1S/C17H14F5N3O4S/c1-26-29-16-12(5-10(18)15(24-16)27-7-14(19)20)25-30-13-6-23-11-4-8(28-17(21)22)2-3-9(11)13/h2-6,14,17,23,25H,7H2,1H3. The van der Waals surface area contributed by atoms with Crippen LogP contribution in [-0.4, -0.2) is 36.7 Å². The molecule has 1 aromatic carbocycles. The van der Waals surface area contributed by atoms with Crippen LogP contribution in [0, 0.1) is 5.82 Å². The van der Waals surface area contributed by atoms with Crippen LogP contribution < -0.4 is 19.1 Å². The van der Waals surface area contributed by atoms with E-state index in [1.165, 1.54) is 19.2 Å². The first kappa shape index (κ1) is 21.8. The van der Waals surface area contributed by atoms with Crippen LogP contribution in [0.4, 0.5) is 27.6 Å². The molecule has 0 saturated carbocycles. The van der Waals surface area contributed by atoms with E-state index in [0.717, 1.165) is 18.0 Å². The highest BCUT2D eigenvalue weighted by Gasteiger charge is 2.18. The zero-order chi connectivity index (χ0) is 21.7. The number of benzene rings is 1. The number of fused-ring (bicyclic) bond motifs is 1. The smallest absolute Gasteiger partial charge is 0.387 e. The van der Waals surface area contributed by atoms with Crippen LogP contribution in [0.5, 0.6) is 17.5 Å². The number of pyridine rings is 1. The number of anilines is 1. The molecule has 0 aliphatic heterocycles. The normalized spacial score (nSPS) is 11.3. The summed E-state index contributed by atoms with van der Waals surface area (Å²) in [7, 11) is 1.18. The molecule has 2 aromatic heterocycles. The minimum Gasteiger partial charge on any atom is -0.469 e. The largest absolute Gasteiger partial charge is 0.469 e. The van der Waals surface area contributed by atoms with Gasteiger partial charge in [0.15, 0.2) is 12.4 Å². The van der Waals surface area contributed by atoms with Crippen LogP contribution in [0.25, 0.3) is 10.9 Å². The Bertz CT molecular complexity index is 1000. The molecule has 0 atom stereocenters. The average Bonchev–Trinajstić information content (AvgIpc) is 3.08. The first-order valence-corrected chi connectivity index (χ1v) is 9.00. The summed E-state index contributed by atoms with van der Waals surface area (Å²) in [6, 6.07) is 5.29. The zero-order valence-corrected chi connectivity index (χ0v) is 15.9. The molecule has 162 valence electrons. The molecule has 0 aliphatic rings. The summed E-state index contributed by atoms with van der Waals surface area (Å²) in [5.41, 5.74) is 0.571. The lowest BCUT2D eigenvalue weighted by atomic mass is 10.2. The summed E-state index contributed by atoms with van der Waals surface area (Å²) in [5, 5.41) is 0.675. The van der Waals surface area contributed by atoms with Gasteiger partial charge in [0.25, 0.3) is 18.2 Å². The quantitative estimate of drug-likeness (QED) is 0.194. The summed E-state index contributed by atoms with van der Waals surface area (Å²) in [5.74, 6) is -1.92. The van der Waals surface area contributed by atoms with Crippen molar-refractivity contribution in [3.8, 4) is 17.5 Å². The molecule has 7 nitrogen and oxygen atoms in total. The van der Waals surface area contributed by atoms with Gasteiger partial charge in [0.05, 0.1) is 17.5 Å². The maximum Gasteiger partial charge on any atom is 0.387 e. The van der Waals surface area contributed by atoms with Crippen molar-refractivity contribution >= 4 is 28.5 Å². The van der Waals surface area contributed by atoms with Crippen LogP contribution in [0.15, 0.2) is 35.4 Å². The molecule has 3 rings (SSSR count). The highest BCUT2D eigenvalue weighted by atomic mass is 32.2. The predicted molar refractivity (Wildman–Crippen MR) is 97.7 cm³/mol. The third-order valence-electron chi connectivity index (χ3n) is 3.53. The molecule has 0 amide bonds. The van der Waals surface area contributed by atoms with E-state index >= 15 is 0 Å². The highest BCUT2D eigenvalue weighted by Crippen LogP contribution is 2.35. The van der Waals surface area contributed by atoms with Gasteiger partial charge in [-0.3, -0.25) is 0 Å². The minimum atomic E-state index is -2.94. The third-order valence-corrected chi connectivity index (χ3v) is 4.41. The fourth-order valence-electron chi connectivity index (χ4n) is 2.36. The van der Waals surface area contributed by atoms with Gasteiger partial charge in [0.1, 0.15) is 11.4 Å². The Labute approximate surface area is 170 Å². The van der Waals surface area contributed by atoms with E-state index < -0.39 is 31.3 Å². The molecular formula is C17H14F5N3O4S. The molecule has 0 saturated heterocycles. The Hall–Kier alpha value is -2.93. The van der Waals surface area contributed by atoms with Gasteiger partial charge in [-0.2, -0.15) is 18.7 Å². The number of rotatable bonds is 10. The second-order valence-electron chi connectivity index (χ2n) is 5.52. The number of alkyl halides is 4. The Morgan fingerprint density at radius 1 is 1.17 bits per heavy atom. The first-order chi connectivity index (χ1) is 14.4. The van der Waals surface area contributed by atoms with Gasteiger partial charge in [-0.15, -0.1) is 0 Å². The van der Waals surface area contributed by atoms with Crippen molar-refractivity contribution in [1.29, 1.82) is 0 Å². The molecule has 3 aromatic rings. The fraction of sp³-hybridized carbons (Fsp3) is 0.235. The minimum absolute atomic E-state index is 0.00898. The monoisotopic (exact) mass is 451 g/mol. The molecule has 13 heteroatoms. The number of nitrogens with one attached hydrogen (secondary N) is 2. The molecule has 30 heavy (non-hydrogen) atoms. The van der Waals surface area contributed by atoms with E-state index in [4.69, 9.17) is 4.89 Å². The number of nitrogens with zero attached hydrogens (tertiary/aromatic N) is 1. The van der Waals surface area contributed by atoms with Gasteiger partial charge < -0.3 is 24.1 Å². The van der Waals surface area contributed by atoms with E-state index in [-0.39, 0.29) is 17.3 Å². The lowest BCUT2D eigenvalue weighted by molar-refractivity contribution is -0.181. The summed E-state index contributed by atoms with van der Waals surface area (Å²) in [6.07, 6.45) is -1.21. The van der Waals surface area contributed by atoms with Crippen LogP contribution >= 0.6 is 11.9 Å². The van der Waals surface area contributed by atoms with Crippen LogP contribution in [0.2, 0.25) is 0 Å². The topological polar surface area (TPSA) is 77.6 Å². The lowest BCUT2D eigenvalue weighted by Crippen LogP contribution is -2.10. The van der Waals surface area contributed by atoms with Crippen molar-refractivity contribution in [2.75, 3.05) is 18.4 Å². The van der Waals surface area contributed by atoms with Crippen LogP contribution in [0.3, 0.4) is 0 Å². The van der Waals surface area contributed by atoms with E-state index in [9.17, 15) is 22.0 Å². The molecule has 2 N–H and O–H groups in total. The molecule has 0 unspecified atom stereocenters. The van der Waals surface area contributed by atoms with Crippen LogP contribution in [-0.2, 0) is 4.89 Å². The first-order valence-electron chi connectivity index (χ1n) is 8.18. The van der Waals surface area contributed by atoms with Crippen LogP contribution in [0.1, 0.15) is 0 Å². The van der Waals surface area contributed by atoms with Gasteiger partial charge in [-0.25, -0.2) is 13.2 Å². The van der Waals surface area contributed by atoms with Gasteiger partial charge in [0, 0.05) is 23.7 Å². The molecule has 0 fully saturated rings. The van der Waals surface area contributed by atoms with E-state index in [2.05, 4.69) is 29.1 Å². The summed E-state index contributed by atoms with van der Waals surface area (Å²) in [4.78, 5) is 16.6. The molecule has 2 heterocycles. The maximum atomic E-state index is 14.1. The van der Waals surface area contributed by atoms with Crippen molar-refractivity contribution in [3.63, 3.8) is 0 Å². The van der Waals surface area contributed by atoms with E-state index in [0.29, 0.717) is 15.8 Å². The molecule has 0 spiro atoms. The number of aromatic nitrogens is 2. The maximum absolute atomic E-state index is 14.1. The Kier molecular flexibility index (Phi) is 7.05. The molecule has 0 aliphatic carbocycles. The van der Waals surface area contributed by atoms with Gasteiger partial charge in [-0.1, -0.05) is 0 Å². The summed E-state index contributed by atoms with van der Waals surface area (Å²) in [6.45, 7) is -3.98. The van der Waals surface area contributed by atoms with E-state index in [1.807, 2.05) is 0 Å². The van der Waals surface area contributed by atoms with E-state index in [1.54, 1.807) is 12.3 Å². The lowest BCUT2D eigenvalue weighted by Gasteiger charge is -2.12. The average molecular weight is 451 g/mol. The number of hydrogen-bond donors (Lipinski definition) is 2. The zero-order valence-electron chi connectivity index (χ0n) is 15.1. The van der Waals surface area contributed by atoms with Gasteiger partial charge in [0.2, 0.25) is 0 Å². The Morgan fingerprint density at radius 3 is 2.67 bits per heavy atom. The van der Waals surface area contributed by atoms with Gasteiger partial charge in [-0.05, 0) is 24.1 Å². The number of H-pyrrole nitrogens is 1. The number of hydrogen-bond acceptors (Lipinski definition) is 7. The second kappa shape index (κ2) is 9.71. The number of ether oxygens (including phenoxy) is 2. The van der Waals surface area contributed by atoms with Crippen molar-refractivity contribution in [2.45, 2.75) is 17.9 Å². The number of aromatic amines is 1. The van der Waals surface area contributed by atoms with Crippen molar-refractivity contribution in [1.82, 2.24) is 9.97 Å². The SMILES string of the molecule is COOc1nc(OCC(F)F)c(F)cc1NSc1c[nH]c2cc(OC(F)F)ccc12. The predicted octanol–water partition coefficient (Wildman–Crippen LogP) is 5.01. The molecule has 0 radical (unpaired) electrons. The number of halogens is 5. The molecule has 0 bridgehead atoms. The highest BCUT2D eigenvalue weighted by molar-refractivity contribution is 8.00. The fourth-order valence-corrected chi connectivity index (χ4v) is 3.14. The summed E-state index contributed by atoms with van der Waals surface area (Å²) < 4.78 is 75.1. The van der Waals surface area contributed by atoms with Crippen molar-refractivity contribution in [2.24, 2.45) is 0 Å². The second-order valence-corrected chi connectivity index (χ2v) is 6.37. The van der Waals surface area contributed by atoms with Crippen molar-refractivity contribution in [3.05, 3.63) is 36.3 Å². The summed E-state index contributed by atoms with van der Waals surface area (Å²) >= 11 is 1.03. The third kappa shape index (κ3) is 5.36. The Morgan fingerprint density at radius 2 is 1.97 bits per heavy atom. The Balaban J connectivity index is 1.78. The van der Waals surface area contributed by atoms with Crippen molar-refractivity contribution < 1.29 is 41.2 Å². The molecular weight excluding hydrogens is 437 g/mol.